The van der Waals surface area contributed by atoms with Crippen LogP contribution in [0, 0.1) is 6.54 Å². The van der Waals surface area contributed by atoms with Crippen LogP contribution in [-0.4, -0.2) is 21.3 Å². The van der Waals surface area contributed by atoms with Gasteiger partial charge in [0.25, 0.3) is 0 Å². The van der Waals surface area contributed by atoms with Crippen LogP contribution in [0.4, 0.5) is 0 Å². The van der Waals surface area contributed by atoms with Gasteiger partial charge in [0.2, 0.25) is 0 Å². The average Bonchev–Trinajstić information content (AvgIpc) is 2.39. The van der Waals surface area contributed by atoms with Gasteiger partial charge in [-0.25, -0.2) is 4.98 Å². The van der Waals surface area contributed by atoms with Crippen LogP contribution in [0.1, 0.15) is 19.2 Å². The number of rotatable bonds is 4. The molecule has 61 valence electrons. The van der Waals surface area contributed by atoms with Crippen LogP contribution < -0.4 is 0 Å². The van der Waals surface area contributed by atoms with Gasteiger partial charge in [0.05, 0.1) is 13.2 Å². The van der Waals surface area contributed by atoms with E-state index in [1.54, 1.807) is 6.20 Å². The van der Waals surface area contributed by atoms with E-state index in [-0.39, 0.29) is 6.61 Å². The normalized spacial score (nSPS) is 10.4. The Labute approximate surface area is 66.7 Å². The SMILES string of the molecule is CC[CH]n1ccnc1CCO. The molecule has 0 spiro atoms. The summed E-state index contributed by atoms with van der Waals surface area (Å²) in [5.41, 5.74) is 0. The third kappa shape index (κ3) is 2.05. The minimum Gasteiger partial charge on any atom is -0.396 e. The van der Waals surface area contributed by atoms with E-state index in [9.17, 15) is 0 Å². The summed E-state index contributed by atoms with van der Waals surface area (Å²) in [4.78, 5) is 4.10. The van der Waals surface area contributed by atoms with Crippen LogP contribution in [0.25, 0.3) is 0 Å². The number of nitrogens with zero attached hydrogens (tertiary/aromatic N) is 2. The van der Waals surface area contributed by atoms with E-state index in [1.807, 2.05) is 17.3 Å². The molecule has 1 N–H and O–H groups in total. The summed E-state index contributed by atoms with van der Waals surface area (Å²) in [6, 6.07) is 0. The molecule has 1 heterocycles. The largest absolute Gasteiger partial charge is 0.396 e. The summed E-state index contributed by atoms with van der Waals surface area (Å²) in [7, 11) is 0. The Morgan fingerprint density at radius 3 is 3.18 bits per heavy atom. The fourth-order valence-electron chi connectivity index (χ4n) is 1.00. The second-order valence-corrected chi connectivity index (χ2v) is 2.32. The van der Waals surface area contributed by atoms with Crippen molar-refractivity contribution in [2.45, 2.75) is 19.8 Å². The first-order valence-electron chi connectivity index (χ1n) is 3.84. The van der Waals surface area contributed by atoms with Crippen molar-refractivity contribution in [1.29, 1.82) is 0 Å². The second kappa shape index (κ2) is 4.13. The highest BCUT2D eigenvalue weighted by atomic mass is 16.3. The third-order valence-electron chi connectivity index (χ3n) is 1.46. The van der Waals surface area contributed by atoms with Gasteiger partial charge in [-0.15, -0.1) is 0 Å². The molecule has 0 aromatic carbocycles. The van der Waals surface area contributed by atoms with Gasteiger partial charge in [-0.1, -0.05) is 6.92 Å². The monoisotopic (exact) mass is 153 g/mol. The van der Waals surface area contributed by atoms with Gasteiger partial charge in [-0.3, -0.25) is 0 Å². The van der Waals surface area contributed by atoms with E-state index in [0.29, 0.717) is 6.42 Å². The summed E-state index contributed by atoms with van der Waals surface area (Å²) in [6.45, 7) is 4.27. The van der Waals surface area contributed by atoms with E-state index in [0.717, 1.165) is 12.2 Å². The Hall–Kier alpha value is -0.830. The first-order valence-corrected chi connectivity index (χ1v) is 3.84. The molecule has 0 amide bonds. The third-order valence-corrected chi connectivity index (χ3v) is 1.46. The minimum absolute atomic E-state index is 0.161. The zero-order valence-electron chi connectivity index (χ0n) is 6.70. The smallest absolute Gasteiger partial charge is 0.111 e. The molecule has 1 rings (SSSR count). The van der Waals surface area contributed by atoms with E-state index >= 15 is 0 Å². The molecule has 0 unspecified atom stereocenters. The minimum atomic E-state index is 0.161. The highest BCUT2D eigenvalue weighted by Crippen LogP contribution is 2.00. The molecule has 0 aliphatic carbocycles. The Morgan fingerprint density at radius 1 is 1.73 bits per heavy atom. The molecule has 0 atom stereocenters. The first-order chi connectivity index (χ1) is 5.38. The standard InChI is InChI=1S/C8H13N2O/c1-2-5-10-6-4-9-8(10)3-7-11/h4-6,11H,2-3,7H2,1H3. The molecule has 3 nitrogen and oxygen atoms in total. The fraction of sp³-hybridized carbons (Fsp3) is 0.500. The number of aliphatic hydroxyl groups is 1. The van der Waals surface area contributed by atoms with Gasteiger partial charge in [0, 0.05) is 18.8 Å². The number of hydrogen-bond acceptors (Lipinski definition) is 2. The van der Waals surface area contributed by atoms with Crippen molar-refractivity contribution in [1.82, 2.24) is 9.55 Å². The van der Waals surface area contributed by atoms with Crippen molar-refractivity contribution in [2.75, 3.05) is 6.61 Å². The Morgan fingerprint density at radius 2 is 2.55 bits per heavy atom. The highest BCUT2D eigenvalue weighted by molar-refractivity contribution is 4.96. The molecule has 0 bridgehead atoms. The zero-order valence-corrected chi connectivity index (χ0v) is 6.70. The summed E-state index contributed by atoms with van der Waals surface area (Å²) in [5.74, 6) is 0.925. The zero-order chi connectivity index (χ0) is 8.10. The van der Waals surface area contributed by atoms with Crippen LogP contribution >= 0.6 is 0 Å². The van der Waals surface area contributed by atoms with Crippen molar-refractivity contribution in [2.24, 2.45) is 0 Å². The lowest BCUT2D eigenvalue weighted by Gasteiger charge is -2.02. The lowest BCUT2D eigenvalue weighted by Crippen LogP contribution is -2.02. The van der Waals surface area contributed by atoms with Crippen molar-refractivity contribution in [3.63, 3.8) is 0 Å². The quantitative estimate of drug-likeness (QED) is 0.696. The second-order valence-electron chi connectivity index (χ2n) is 2.32. The van der Waals surface area contributed by atoms with Crippen molar-refractivity contribution in [3.05, 3.63) is 24.8 Å². The Balaban J connectivity index is 2.62. The molecule has 0 fully saturated rings. The molecule has 3 heteroatoms. The summed E-state index contributed by atoms with van der Waals surface area (Å²) in [5, 5.41) is 8.66. The number of imidazole rings is 1. The molecule has 1 aromatic rings. The molecular formula is C8H13N2O. The van der Waals surface area contributed by atoms with Crippen LogP contribution in [-0.2, 0) is 6.42 Å². The van der Waals surface area contributed by atoms with Gasteiger partial charge >= 0.3 is 0 Å². The topological polar surface area (TPSA) is 38.0 Å². The van der Waals surface area contributed by atoms with Crippen LogP contribution in [0.3, 0.4) is 0 Å². The Kier molecular flexibility index (Phi) is 3.11. The van der Waals surface area contributed by atoms with Gasteiger partial charge < -0.3 is 9.67 Å². The highest BCUT2D eigenvalue weighted by Gasteiger charge is 1.99. The maximum atomic E-state index is 8.66. The van der Waals surface area contributed by atoms with Gasteiger partial charge in [0.1, 0.15) is 5.82 Å². The van der Waals surface area contributed by atoms with Crippen LogP contribution in [0.2, 0.25) is 0 Å². The predicted molar refractivity (Wildman–Crippen MR) is 43.0 cm³/mol. The summed E-state index contributed by atoms with van der Waals surface area (Å²) >= 11 is 0. The van der Waals surface area contributed by atoms with E-state index in [4.69, 9.17) is 5.11 Å². The Bertz CT molecular complexity index is 187. The molecule has 11 heavy (non-hydrogen) atoms. The first kappa shape index (κ1) is 8.27. The maximum Gasteiger partial charge on any atom is 0.111 e. The van der Waals surface area contributed by atoms with E-state index in [1.165, 1.54) is 0 Å². The molecule has 0 saturated heterocycles. The van der Waals surface area contributed by atoms with Gasteiger partial charge in [0.15, 0.2) is 0 Å². The molecular weight excluding hydrogens is 140 g/mol. The number of aromatic nitrogens is 2. The van der Waals surface area contributed by atoms with Crippen LogP contribution in [0.5, 0.6) is 0 Å². The molecule has 0 aliphatic rings. The number of hydrogen-bond donors (Lipinski definition) is 1. The number of aliphatic hydroxyl groups excluding tert-OH is 1. The van der Waals surface area contributed by atoms with Crippen molar-refractivity contribution < 1.29 is 5.11 Å². The van der Waals surface area contributed by atoms with E-state index < -0.39 is 0 Å². The summed E-state index contributed by atoms with van der Waals surface area (Å²) in [6.07, 6.45) is 5.25. The summed E-state index contributed by atoms with van der Waals surface area (Å²) < 4.78 is 1.95. The van der Waals surface area contributed by atoms with Crippen LogP contribution in [0.15, 0.2) is 12.4 Å². The molecule has 0 saturated carbocycles. The van der Waals surface area contributed by atoms with Gasteiger partial charge in [-0.05, 0) is 6.42 Å². The van der Waals surface area contributed by atoms with E-state index in [2.05, 4.69) is 11.9 Å². The van der Waals surface area contributed by atoms with Crippen molar-refractivity contribution >= 4 is 0 Å². The lowest BCUT2D eigenvalue weighted by atomic mass is 10.4. The molecule has 1 aromatic heterocycles. The average molecular weight is 153 g/mol. The van der Waals surface area contributed by atoms with Gasteiger partial charge in [-0.2, -0.15) is 0 Å². The van der Waals surface area contributed by atoms with Crippen molar-refractivity contribution in [3.8, 4) is 0 Å². The molecule has 1 radical (unpaired) electrons. The predicted octanol–water partition coefficient (Wildman–Crippen LogP) is 0.838. The fourth-order valence-corrected chi connectivity index (χ4v) is 1.00. The molecule has 0 aliphatic heterocycles. The maximum absolute atomic E-state index is 8.66. The lowest BCUT2D eigenvalue weighted by molar-refractivity contribution is 0.295.